The van der Waals surface area contributed by atoms with Crippen LogP contribution in [-0.4, -0.2) is 18.1 Å². The standard InChI is InChI=1S/C18H16N2O2.C4H5F.C2H6/c1-19-13-7-9-14(10-8-13)20-18(22)16-11-6-12-4-2-3-5-15(12)17(16)21;1-3-4(2)5;1-2/h2-11,19,21H,1H3,(H,20,22);3H,1-2H2;1-2H3. The zero-order valence-corrected chi connectivity index (χ0v) is 17.0. The Morgan fingerprint density at radius 1 is 1.00 bits per heavy atom. The summed E-state index contributed by atoms with van der Waals surface area (Å²) in [4.78, 5) is 12.3. The van der Waals surface area contributed by atoms with Gasteiger partial charge in [-0.15, -0.1) is 0 Å². The Bertz CT molecular complexity index is 966. The Labute approximate surface area is 171 Å². The molecule has 0 saturated heterocycles. The highest BCUT2D eigenvalue weighted by molar-refractivity contribution is 6.09. The Balaban J connectivity index is 0.000000527. The van der Waals surface area contributed by atoms with Crippen molar-refractivity contribution >= 4 is 28.1 Å². The van der Waals surface area contributed by atoms with Crippen LogP contribution < -0.4 is 10.6 Å². The van der Waals surface area contributed by atoms with Gasteiger partial charge in [0, 0.05) is 23.8 Å². The molecule has 0 aromatic heterocycles. The molecule has 0 heterocycles. The van der Waals surface area contributed by atoms with Gasteiger partial charge in [0.15, 0.2) is 0 Å². The van der Waals surface area contributed by atoms with Crippen molar-refractivity contribution in [3.63, 3.8) is 0 Å². The summed E-state index contributed by atoms with van der Waals surface area (Å²) < 4.78 is 11.1. The lowest BCUT2D eigenvalue weighted by Crippen LogP contribution is -2.12. The van der Waals surface area contributed by atoms with Gasteiger partial charge in [0.25, 0.3) is 5.91 Å². The lowest BCUT2D eigenvalue weighted by Gasteiger charge is -2.09. The molecule has 0 spiro atoms. The fraction of sp³-hybridized carbons (Fsp3) is 0.125. The summed E-state index contributed by atoms with van der Waals surface area (Å²) in [5, 5.41) is 17.7. The zero-order chi connectivity index (χ0) is 21.8. The van der Waals surface area contributed by atoms with Crippen LogP contribution in [0.15, 0.2) is 85.7 Å². The van der Waals surface area contributed by atoms with E-state index in [0.29, 0.717) is 11.1 Å². The monoisotopic (exact) mass is 394 g/mol. The van der Waals surface area contributed by atoms with Gasteiger partial charge in [0.1, 0.15) is 11.6 Å². The maximum atomic E-state index is 12.3. The van der Waals surface area contributed by atoms with Crippen molar-refractivity contribution in [2.75, 3.05) is 17.7 Å². The van der Waals surface area contributed by atoms with E-state index in [1.807, 2.05) is 69.4 Å². The first kappa shape index (κ1) is 23.4. The first-order chi connectivity index (χ1) is 14.0. The second kappa shape index (κ2) is 12.0. The average molecular weight is 394 g/mol. The first-order valence-corrected chi connectivity index (χ1v) is 9.23. The van der Waals surface area contributed by atoms with E-state index in [4.69, 9.17) is 0 Å². The van der Waals surface area contributed by atoms with Crippen LogP contribution in [0.4, 0.5) is 15.8 Å². The fourth-order valence-electron chi connectivity index (χ4n) is 2.36. The number of rotatable bonds is 4. The second-order valence-corrected chi connectivity index (χ2v) is 5.62. The Morgan fingerprint density at radius 2 is 1.55 bits per heavy atom. The Kier molecular flexibility index (Phi) is 9.68. The molecule has 0 unspecified atom stereocenters. The number of carbonyl (C=O) groups is 1. The number of phenolic OH excluding ortho intramolecular Hbond substituents is 1. The maximum Gasteiger partial charge on any atom is 0.259 e. The maximum absolute atomic E-state index is 12.3. The minimum absolute atomic E-state index is 0.00226. The molecular weight excluding hydrogens is 367 g/mol. The van der Waals surface area contributed by atoms with E-state index < -0.39 is 5.83 Å². The summed E-state index contributed by atoms with van der Waals surface area (Å²) in [6, 6.07) is 18.2. The molecule has 4 nitrogen and oxygen atoms in total. The van der Waals surface area contributed by atoms with Crippen LogP contribution in [0.3, 0.4) is 0 Å². The number of fused-ring (bicyclic) bond motifs is 1. The molecule has 0 aliphatic rings. The van der Waals surface area contributed by atoms with Crippen LogP contribution in [-0.2, 0) is 0 Å². The Morgan fingerprint density at radius 3 is 2.10 bits per heavy atom. The lowest BCUT2D eigenvalue weighted by molar-refractivity contribution is 0.102. The van der Waals surface area contributed by atoms with Crippen molar-refractivity contribution in [1.82, 2.24) is 0 Å². The van der Waals surface area contributed by atoms with Gasteiger partial charge in [-0.3, -0.25) is 4.79 Å². The molecule has 0 aliphatic heterocycles. The summed E-state index contributed by atoms with van der Waals surface area (Å²) in [6.45, 7) is 9.97. The van der Waals surface area contributed by atoms with Crippen molar-refractivity contribution in [1.29, 1.82) is 0 Å². The number of nitrogens with one attached hydrogen (secondary N) is 2. The Hall–Kier alpha value is -3.60. The molecule has 0 saturated carbocycles. The minimum atomic E-state index is -0.481. The van der Waals surface area contributed by atoms with E-state index in [9.17, 15) is 14.3 Å². The number of hydrogen-bond donors (Lipinski definition) is 3. The number of hydrogen-bond acceptors (Lipinski definition) is 3. The van der Waals surface area contributed by atoms with Gasteiger partial charge in [-0.25, -0.2) is 4.39 Å². The van der Waals surface area contributed by atoms with Gasteiger partial charge in [-0.2, -0.15) is 0 Å². The number of anilines is 2. The topological polar surface area (TPSA) is 61.4 Å². The highest BCUT2D eigenvalue weighted by Gasteiger charge is 2.13. The minimum Gasteiger partial charge on any atom is -0.506 e. The summed E-state index contributed by atoms with van der Waals surface area (Å²) in [5.41, 5.74) is 1.90. The van der Waals surface area contributed by atoms with Crippen LogP contribution in [0.2, 0.25) is 0 Å². The highest BCUT2D eigenvalue weighted by Crippen LogP contribution is 2.29. The third-order valence-electron chi connectivity index (χ3n) is 3.80. The number of halogens is 1. The van der Waals surface area contributed by atoms with E-state index in [0.717, 1.165) is 17.1 Å². The van der Waals surface area contributed by atoms with Gasteiger partial charge in [-0.05, 0) is 41.8 Å². The summed E-state index contributed by atoms with van der Waals surface area (Å²) >= 11 is 0. The van der Waals surface area contributed by atoms with Crippen molar-refractivity contribution in [3.05, 3.63) is 91.3 Å². The van der Waals surface area contributed by atoms with Crippen LogP contribution in [0.25, 0.3) is 10.8 Å². The SMILES string of the molecule is C=CC(=C)F.CC.CNc1ccc(NC(=O)c2ccc3ccccc3c2O)cc1. The molecule has 5 heteroatoms. The van der Waals surface area contributed by atoms with Gasteiger partial charge in [0.2, 0.25) is 0 Å². The first-order valence-electron chi connectivity index (χ1n) is 9.23. The predicted molar refractivity (Wildman–Crippen MR) is 121 cm³/mol. The smallest absolute Gasteiger partial charge is 0.259 e. The van der Waals surface area contributed by atoms with Crippen molar-refractivity contribution in [3.8, 4) is 5.75 Å². The molecule has 3 rings (SSSR count). The molecule has 0 atom stereocenters. The van der Waals surface area contributed by atoms with E-state index in [2.05, 4.69) is 23.8 Å². The number of aromatic hydroxyl groups is 1. The van der Waals surface area contributed by atoms with Crippen LogP contribution in [0, 0.1) is 0 Å². The summed E-state index contributed by atoms with van der Waals surface area (Å²) in [7, 11) is 1.83. The highest BCUT2D eigenvalue weighted by atomic mass is 19.1. The second-order valence-electron chi connectivity index (χ2n) is 5.62. The summed E-state index contributed by atoms with van der Waals surface area (Å²) in [5.74, 6) is -0.812. The lowest BCUT2D eigenvalue weighted by atomic mass is 10.0. The fourth-order valence-corrected chi connectivity index (χ4v) is 2.36. The molecule has 1 amide bonds. The van der Waals surface area contributed by atoms with E-state index >= 15 is 0 Å². The van der Waals surface area contributed by atoms with Crippen LogP contribution in [0.1, 0.15) is 24.2 Å². The summed E-state index contributed by atoms with van der Waals surface area (Å²) in [6.07, 6.45) is 1.06. The molecular formula is C24H27FN2O2. The normalized spacial score (nSPS) is 9.24. The largest absolute Gasteiger partial charge is 0.506 e. The molecule has 152 valence electrons. The predicted octanol–water partition coefficient (Wildman–Crippen LogP) is 6.52. The molecule has 29 heavy (non-hydrogen) atoms. The zero-order valence-electron chi connectivity index (χ0n) is 17.0. The van der Waals surface area contributed by atoms with Gasteiger partial charge in [0.05, 0.1) is 5.56 Å². The van der Waals surface area contributed by atoms with E-state index in [1.54, 1.807) is 12.1 Å². The number of allylic oxidation sites excluding steroid dienone is 2. The molecule has 3 aromatic carbocycles. The van der Waals surface area contributed by atoms with E-state index in [1.165, 1.54) is 0 Å². The molecule has 3 N–H and O–H groups in total. The van der Waals surface area contributed by atoms with Gasteiger partial charge >= 0.3 is 0 Å². The average Bonchev–Trinajstić information content (AvgIpc) is 2.76. The molecule has 0 radical (unpaired) electrons. The quantitative estimate of drug-likeness (QED) is 0.441. The molecule has 0 aliphatic carbocycles. The number of carbonyl (C=O) groups excluding carboxylic acids is 1. The third kappa shape index (κ3) is 6.81. The van der Waals surface area contributed by atoms with Crippen molar-refractivity contribution in [2.45, 2.75) is 13.8 Å². The third-order valence-corrected chi connectivity index (χ3v) is 3.80. The molecule has 0 bridgehead atoms. The van der Waals surface area contributed by atoms with Crippen molar-refractivity contribution in [2.24, 2.45) is 0 Å². The van der Waals surface area contributed by atoms with E-state index in [-0.39, 0.29) is 17.2 Å². The number of amides is 1. The van der Waals surface area contributed by atoms with Crippen LogP contribution in [0.5, 0.6) is 5.75 Å². The van der Waals surface area contributed by atoms with Gasteiger partial charge in [-0.1, -0.05) is 57.3 Å². The number of benzene rings is 3. The van der Waals surface area contributed by atoms with Crippen molar-refractivity contribution < 1.29 is 14.3 Å². The van der Waals surface area contributed by atoms with Crippen LogP contribution >= 0.6 is 0 Å². The van der Waals surface area contributed by atoms with Gasteiger partial charge < -0.3 is 15.7 Å². The molecule has 0 fully saturated rings. The molecule has 3 aromatic rings. The number of phenols is 1.